The second-order valence-corrected chi connectivity index (χ2v) is 5.36. The minimum Gasteiger partial charge on any atom is -0.376 e. The van der Waals surface area contributed by atoms with Crippen molar-refractivity contribution in [3.8, 4) is 0 Å². The molecule has 96 valence electrons. The van der Waals surface area contributed by atoms with E-state index in [9.17, 15) is 4.39 Å². The Hall–Kier alpha value is -1.42. The fourth-order valence-electron chi connectivity index (χ4n) is 2.92. The lowest BCUT2D eigenvalue weighted by molar-refractivity contribution is 0.0530. The summed E-state index contributed by atoms with van der Waals surface area (Å²) in [6.07, 6.45) is 1.00. The molecule has 0 amide bonds. The standard InChI is InChI=1S/C14H17FN2O/c1-9-14(2,5-6-18-9)17-8-10-3-4-11(15)7-12(10)13(17)16/h3-4,7,9,16H,5-6,8H2,1-2H3. The highest BCUT2D eigenvalue weighted by atomic mass is 19.1. The summed E-state index contributed by atoms with van der Waals surface area (Å²) in [7, 11) is 0. The lowest BCUT2D eigenvalue weighted by Crippen LogP contribution is -2.51. The van der Waals surface area contributed by atoms with Crippen molar-refractivity contribution in [2.45, 2.75) is 38.5 Å². The van der Waals surface area contributed by atoms with Crippen molar-refractivity contribution in [2.75, 3.05) is 6.61 Å². The Bertz CT molecular complexity index is 517. The van der Waals surface area contributed by atoms with E-state index in [1.54, 1.807) is 6.07 Å². The molecule has 0 aliphatic carbocycles. The first kappa shape index (κ1) is 11.7. The van der Waals surface area contributed by atoms with E-state index in [0.717, 1.165) is 24.2 Å². The molecule has 3 nitrogen and oxygen atoms in total. The second-order valence-electron chi connectivity index (χ2n) is 5.36. The summed E-state index contributed by atoms with van der Waals surface area (Å²) in [5.74, 6) is 0.144. The molecule has 4 heteroatoms. The van der Waals surface area contributed by atoms with E-state index >= 15 is 0 Å². The minimum absolute atomic E-state index is 0.0945. The highest BCUT2D eigenvalue weighted by Gasteiger charge is 2.46. The van der Waals surface area contributed by atoms with Crippen molar-refractivity contribution in [2.24, 2.45) is 0 Å². The Kier molecular flexibility index (Phi) is 2.45. The molecule has 1 aromatic rings. The van der Waals surface area contributed by atoms with Crippen LogP contribution in [0.1, 0.15) is 31.4 Å². The molecule has 1 N–H and O–H groups in total. The number of halogens is 1. The van der Waals surface area contributed by atoms with Gasteiger partial charge in [-0.3, -0.25) is 5.41 Å². The van der Waals surface area contributed by atoms with Gasteiger partial charge in [0.1, 0.15) is 11.7 Å². The van der Waals surface area contributed by atoms with Gasteiger partial charge in [0, 0.05) is 18.7 Å². The van der Waals surface area contributed by atoms with Crippen LogP contribution in [-0.2, 0) is 11.3 Å². The quantitative estimate of drug-likeness (QED) is 0.829. The Morgan fingerprint density at radius 3 is 2.94 bits per heavy atom. The Labute approximate surface area is 106 Å². The predicted octanol–water partition coefficient (Wildman–Crippen LogP) is 2.53. The minimum atomic E-state index is -0.277. The van der Waals surface area contributed by atoms with Crippen LogP contribution < -0.4 is 0 Å². The van der Waals surface area contributed by atoms with Gasteiger partial charge in [-0.25, -0.2) is 4.39 Å². The largest absolute Gasteiger partial charge is 0.376 e. The van der Waals surface area contributed by atoms with E-state index < -0.39 is 0 Å². The van der Waals surface area contributed by atoms with Crippen LogP contribution >= 0.6 is 0 Å². The first-order valence-electron chi connectivity index (χ1n) is 6.29. The summed E-state index contributed by atoms with van der Waals surface area (Å²) >= 11 is 0. The number of benzene rings is 1. The van der Waals surface area contributed by atoms with Gasteiger partial charge >= 0.3 is 0 Å². The molecule has 1 aromatic carbocycles. The number of rotatable bonds is 1. The smallest absolute Gasteiger partial charge is 0.129 e. The number of fused-ring (bicyclic) bond motifs is 1. The number of nitrogens with zero attached hydrogens (tertiary/aromatic N) is 1. The van der Waals surface area contributed by atoms with Crippen LogP contribution in [0.5, 0.6) is 0 Å². The van der Waals surface area contributed by atoms with Crippen molar-refractivity contribution in [1.29, 1.82) is 5.41 Å². The number of nitrogens with one attached hydrogen (secondary N) is 1. The molecule has 0 saturated carbocycles. The molecule has 0 radical (unpaired) electrons. The Morgan fingerprint density at radius 1 is 1.50 bits per heavy atom. The van der Waals surface area contributed by atoms with Crippen molar-refractivity contribution < 1.29 is 9.13 Å². The number of hydrogen-bond acceptors (Lipinski definition) is 2. The van der Waals surface area contributed by atoms with E-state index in [1.807, 2.05) is 6.92 Å². The third-order valence-electron chi connectivity index (χ3n) is 4.39. The van der Waals surface area contributed by atoms with Gasteiger partial charge in [0.25, 0.3) is 0 Å². The van der Waals surface area contributed by atoms with Gasteiger partial charge in [0.15, 0.2) is 0 Å². The van der Waals surface area contributed by atoms with Gasteiger partial charge in [-0.1, -0.05) is 6.07 Å². The van der Waals surface area contributed by atoms with Crippen LogP contribution in [0.3, 0.4) is 0 Å². The monoisotopic (exact) mass is 248 g/mol. The zero-order chi connectivity index (χ0) is 12.9. The summed E-state index contributed by atoms with van der Waals surface area (Å²) in [6, 6.07) is 4.71. The van der Waals surface area contributed by atoms with Crippen LogP contribution in [0.4, 0.5) is 4.39 Å². The topological polar surface area (TPSA) is 36.3 Å². The highest BCUT2D eigenvalue weighted by Crippen LogP contribution is 2.37. The first-order chi connectivity index (χ1) is 8.52. The normalized spacial score (nSPS) is 30.9. The maximum Gasteiger partial charge on any atom is 0.129 e. The average Bonchev–Trinajstić information content (AvgIpc) is 2.83. The van der Waals surface area contributed by atoms with E-state index in [1.165, 1.54) is 12.1 Å². The average molecular weight is 248 g/mol. The first-order valence-corrected chi connectivity index (χ1v) is 6.29. The van der Waals surface area contributed by atoms with Crippen molar-refractivity contribution in [3.63, 3.8) is 0 Å². The molecule has 18 heavy (non-hydrogen) atoms. The van der Waals surface area contributed by atoms with Crippen molar-refractivity contribution in [1.82, 2.24) is 4.90 Å². The molecular weight excluding hydrogens is 231 g/mol. The molecular formula is C14H17FN2O. The molecule has 2 aliphatic rings. The van der Waals surface area contributed by atoms with E-state index in [2.05, 4.69) is 11.8 Å². The molecule has 1 saturated heterocycles. The van der Waals surface area contributed by atoms with E-state index in [4.69, 9.17) is 10.1 Å². The molecule has 0 bridgehead atoms. The maximum absolute atomic E-state index is 13.3. The van der Waals surface area contributed by atoms with Gasteiger partial charge in [0.05, 0.1) is 11.6 Å². The van der Waals surface area contributed by atoms with Crippen LogP contribution in [0.15, 0.2) is 18.2 Å². The van der Waals surface area contributed by atoms with Gasteiger partial charge < -0.3 is 9.64 Å². The molecule has 1 fully saturated rings. The zero-order valence-corrected chi connectivity index (χ0v) is 10.7. The van der Waals surface area contributed by atoms with Gasteiger partial charge in [0.2, 0.25) is 0 Å². The summed E-state index contributed by atoms with van der Waals surface area (Å²) in [4.78, 5) is 2.05. The molecule has 3 rings (SSSR count). The molecule has 0 spiro atoms. The molecule has 2 heterocycles. The second kappa shape index (κ2) is 3.79. The van der Waals surface area contributed by atoms with Gasteiger partial charge in [-0.2, -0.15) is 0 Å². The van der Waals surface area contributed by atoms with Crippen LogP contribution in [0.25, 0.3) is 0 Å². The molecule has 2 aliphatic heterocycles. The summed E-state index contributed by atoms with van der Waals surface area (Å²) in [5.41, 5.74) is 1.59. The van der Waals surface area contributed by atoms with Gasteiger partial charge in [-0.05, 0) is 38.0 Å². The fourth-order valence-corrected chi connectivity index (χ4v) is 2.92. The highest BCUT2D eigenvalue weighted by molar-refractivity contribution is 6.00. The molecule has 0 aromatic heterocycles. The summed E-state index contributed by atoms with van der Waals surface area (Å²) in [5, 5.41) is 8.27. The van der Waals surface area contributed by atoms with E-state index in [-0.39, 0.29) is 17.5 Å². The number of hydrogen-bond donors (Lipinski definition) is 1. The third-order valence-corrected chi connectivity index (χ3v) is 4.39. The van der Waals surface area contributed by atoms with Crippen molar-refractivity contribution in [3.05, 3.63) is 35.1 Å². The Balaban J connectivity index is 1.97. The molecule has 2 unspecified atom stereocenters. The maximum atomic E-state index is 13.3. The number of amidine groups is 1. The summed E-state index contributed by atoms with van der Waals surface area (Å²) in [6.45, 7) is 5.58. The lowest BCUT2D eigenvalue weighted by Gasteiger charge is -2.39. The summed E-state index contributed by atoms with van der Waals surface area (Å²) < 4.78 is 18.9. The third kappa shape index (κ3) is 1.48. The Morgan fingerprint density at radius 2 is 2.28 bits per heavy atom. The zero-order valence-electron chi connectivity index (χ0n) is 10.7. The SMILES string of the molecule is CC1OCCC1(C)N1Cc2ccc(F)cc2C1=N. The number of ether oxygens (including phenoxy) is 1. The predicted molar refractivity (Wildman–Crippen MR) is 67.2 cm³/mol. The van der Waals surface area contributed by atoms with Crippen LogP contribution in [0.2, 0.25) is 0 Å². The fraction of sp³-hybridized carbons (Fsp3) is 0.500. The van der Waals surface area contributed by atoms with Crippen LogP contribution in [-0.4, -0.2) is 29.0 Å². The van der Waals surface area contributed by atoms with Crippen LogP contribution in [0, 0.1) is 11.2 Å². The van der Waals surface area contributed by atoms with Gasteiger partial charge in [-0.15, -0.1) is 0 Å². The van der Waals surface area contributed by atoms with E-state index in [0.29, 0.717) is 12.4 Å². The van der Waals surface area contributed by atoms with Crippen molar-refractivity contribution >= 4 is 5.84 Å². The lowest BCUT2D eigenvalue weighted by atomic mass is 9.92. The molecule has 2 atom stereocenters.